The minimum absolute atomic E-state index is 0.129. The van der Waals surface area contributed by atoms with Gasteiger partial charge in [-0.2, -0.15) is 0 Å². The predicted molar refractivity (Wildman–Crippen MR) is 64.0 cm³/mol. The van der Waals surface area contributed by atoms with Crippen molar-refractivity contribution in [1.82, 2.24) is 5.32 Å². The van der Waals surface area contributed by atoms with Crippen molar-refractivity contribution in [2.75, 3.05) is 0 Å². The van der Waals surface area contributed by atoms with Gasteiger partial charge < -0.3 is 11.1 Å². The molecule has 3 atom stereocenters. The number of hydrogen-bond acceptors (Lipinski definition) is 2. The van der Waals surface area contributed by atoms with Crippen LogP contribution in [0.1, 0.15) is 24.8 Å². The first-order valence-electron chi connectivity index (χ1n) is 5.94. The van der Waals surface area contributed by atoms with Gasteiger partial charge in [-0.1, -0.05) is 6.07 Å². The Hall–Kier alpha value is -1.98. The highest BCUT2D eigenvalue weighted by atomic mass is 19.2. The lowest BCUT2D eigenvalue weighted by molar-refractivity contribution is -0.127. The van der Waals surface area contributed by atoms with Gasteiger partial charge in [-0.25, -0.2) is 8.78 Å². The minimum Gasteiger partial charge on any atom is -0.368 e. The van der Waals surface area contributed by atoms with Crippen LogP contribution in [0.4, 0.5) is 8.78 Å². The highest BCUT2D eigenvalue weighted by Gasteiger charge is 2.44. The van der Waals surface area contributed by atoms with Gasteiger partial charge in [-0.15, -0.1) is 0 Å². The molecule has 3 N–H and O–H groups in total. The summed E-state index contributed by atoms with van der Waals surface area (Å²) < 4.78 is 25.9. The topological polar surface area (TPSA) is 72.2 Å². The van der Waals surface area contributed by atoms with Gasteiger partial charge in [0.1, 0.15) is 6.04 Å². The fraction of sp³-hybridized carbons (Fsp3) is 0.385. The van der Waals surface area contributed by atoms with E-state index in [0.717, 1.165) is 12.1 Å². The van der Waals surface area contributed by atoms with Crippen LogP contribution in [-0.4, -0.2) is 17.9 Å². The van der Waals surface area contributed by atoms with Gasteiger partial charge in [-0.3, -0.25) is 9.59 Å². The number of nitrogens with one attached hydrogen (secondary N) is 1. The molecule has 0 unspecified atom stereocenters. The molecule has 1 aliphatic carbocycles. The Labute approximate surface area is 109 Å². The molecular formula is C13H14F2N2O2. The molecule has 6 heteroatoms. The number of benzene rings is 1. The quantitative estimate of drug-likeness (QED) is 0.857. The Kier molecular flexibility index (Phi) is 3.50. The molecule has 1 saturated carbocycles. The Morgan fingerprint density at radius 1 is 1.37 bits per heavy atom. The lowest BCUT2D eigenvalue weighted by Gasteiger charge is -2.09. The summed E-state index contributed by atoms with van der Waals surface area (Å²) in [4.78, 5) is 22.6. The molecule has 0 bridgehead atoms. The summed E-state index contributed by atoms with van der Waals surface area (Å²) in [6.45, 7) is 1.50. The molecule has 0 saturated heterocycles. The van der Waals surface area contributed by atoms with Gasteiger partial charge in [0.25, 0.3) is 0 Å². The van der Waals surface area contributed by atoms with Gasteiger partial charge in [0.15, 0.2) is 11.6 Å². The number of halogens is 2. The van der Waals surface area contributed by atoms with E-state index < -0.39 is 23.6 Å². The minimum atomic E-state index is -0.922. The molecule has 0 aromatic heterocycles. The molecule has 1 aliphatic rings. The zero-order valence-corrected chi connectivity index (χ0v) is 10.3. The zero-order valence-electron chi connectivity index (χ0n) is 10.3. The number of rotatable bonds is 4. The van der Waals surface area contributed by atoms with Crippen LogP contribution >= 0.6 is 0 Å². The molecular weight excluding hydrogens is 254 g/mol. The van der Waals surface area contributed by atoms with E-state index in [2.05, 4.69) is 5.32 Å². The largest absolute Gasteiger partial charge is 0.368 e. The van der Waals surface area contributed by atoms with Crippen molar-refractivity contribution in [3.8, 4) is 0 Å². The first kappa shape index (κ1) is 13.5. The summed E-state index contributed by atoms with van der Waals surface area (Å²) in [6.07, 6.45) is 0.558. The van der Waals surface area contributed by atoms with Crippen molar-refractivity contribution in [3.63, 3.8) is 0 Å². The van der Waals surface area contributed by atoms with E-state index >= 15 is 0 Å². The van der Waals surface area contributed by atoms with Crippen LogP contribution < -0.4 is 11.1 Å². The summed E-state index contributed by atoms with van der Waals surface area (Å²) >= 11 is 0. The third-order valence-electron chi connectivity index (χ3n) is 3.28. The molecule has 0 radical (unpaired) electrons. The van der Waals surface area contributed by atoms with Crippen molar-refractivity contribution in [2.24, 2.45) is 11.7 Å². The molecule has 2 rings (SSSR count). The molecule has 4 nitrogen and oxygen atoms in total. The van der Waals surface area contributed by atoms with Crippen molar-refractivity contribution < 1.29 is 18.4 Å². The number of primary amides is 1. The third-order valence-corrected chi connectivity index (χ3v) is 3.28. The maximum Gasteiger partial charge on any atom is 0.239 e. The lowest BCUT2D eigenvalue weighted by atomic mass is 10.1. The van der Waals surface area contributed by atoms with Gasteiger partial charge in [0.2, 0.25) is 11.8 Å². The summed E-state index contributed by atoms with van der Waals surface area (Å²) in [5, 5.41) is 2.49. The average Bonchev–Trinajstić information content (AvgIpc) is 3.12. The molecule has 0 heterocycles. The number of amides is 2. The van der Waals surface area contributed by atoms with E-state index in [4.69, 9.17) is 5.73 Å². The van der Waals surface area contributed by atoms with Crippen LogP contribution in [0.15, 0.2) is 18.2 Å². The summed E-state index contributed by atoms with van der Waals surface area (Å²) in [5.41, 5.74) is 5.63. The smallest absolute Gasteiger partial charge is 0.239 e. The highest BCUT2D eigenvalue weighted by molar-refractivity contribution is 5.89. The Morgan fingerprint density at radius 2 is 2.05 bits per heavy atom. The predicted octanol–water partition coefficient (Wildman–Crippen LogP) is 1.06. The van der Waals surface area contributed by atoms with Crippen molar-refractivity contribution in [3.05, 3.63) is 35.4 Å². The maximum absolute atomic E-state index is 13.1. The van der Waals surface area contributed by atoms with Crippen LogP contribution in [0.3, 0.4) is 0 Å². The molecule has 0 aliphatic heterocycles. The Morgan fingerprint density at radius 3 is 2.63 bits per heavy atom. The standard InChI is InChI=1S/C13H14F2N2O2/c1-6(12(16)18)17-13(19)9-5-8(9)7-2-3-10(14)11(15)4-7/h2-4,6,8-9H,5H2,1H3,(H2,16,18)(H,17,19)/t6-,8+,9-/m0/s1. The van der Waals surface area contributed by atoms with Crippen LogP contribution in [0.25, 0.3) is 0 Å². The second-order valence-electron chi connectivity index (χ2n) is 4.75. The zero-order chi connectivity index (χ0) is 14.2. The fourth-order valence-corrected chi connectivity index (χ4v) is 1.99. The molecule has 102 valence electrons. The first-order chi connectivity index (χ1) is 8.90. The normalized spacial score (nSPS) is 22.7. The van der Waals surface area contributed by atoms with Crippen LogP contribution in [0.2, 0.25) is 0 Å². The maximum atomic E-state index is 13.1. The monoisotopic (exact) mass is 268 g/mol. The van der Waals surface area contributed by atoms with E-state index in [1.54, 1.807) is 0 Å². The van der Waals surface area contributed by atoms with E-state index in [0.29, 0.717) is 12.0 Å². The van der Waals surface area contributed by atoms with E-state index in [-0.39, 0.29) is 17.7 Å². The molecule has 0 spiro atoms. The number of carbonyl (C=O) groups is 2. The highest BCUT2D eigenvalue weighted by Crippen LogP contribution is 2.47. The van der Waals surface area contributed by atoms with Gasteiger partial charge in [0, 0.05) is 5.92 Å². The van der Waals surface area contributed by atoms with Gasteiger partial charge in [0.05, 0.1) is 0 Å². The number of carbonyl (C=O) groups excluding carboxylic acids is 2. The van der Waals surface area contributed by atoms with E-state index in [1.807, 2.05) is 0 Å². The number of nitrogens with two attached hydrogens (primary N) is 1. The van der Waals surface area contributed by atoms with Gasteiger partial charge >= 0.3 is 0 Å². The third kappa shape index (κ3) is 2.89. The Bertz CT molecular complexity index is 533. The summed E-state index contributed by atoms with van der Waals surface area (Å²) in [7, 11) is 0. The van der Waals surface area contributed by atoms with Crippen LogP contribution in [0, 0.1) is 17.6 Å². The first-order valence-corrected chi connectivity index (χ1v) is 5.94. The van der Waals surface area contributed by atoms with Crippen LogP contribution in [0.5, 0.6) is 0 Å². The number of hydrogen-bond donors (Lipinski definition) is 2. The molecule has 1 fully saturated rings. The average molecular weight is 268 g/mol. The molecule has 1 aromatic carbocycles. The molecule has 19 heavy (non-hydrogen) atoms. The van der Waals surface area contributed by atoms with Crippen molar-refractivity contribution in [2.45, 2.75) is 25.3 Å². The van der Waals surface area contributed by atoms with E-state index in [1.165, 1.54) is 13.0 Å². The summed E-state index contributed by atoms with van der Waals surface area (Å²) in [5.74, 6) is -3.18. The second kappa shape index (κ2) is 4.95. The summed E-state index contributed by atoms with van der Waals surface area (Å²) in [6, 6.07) is 2.88. The SMILES string of the molecule is C[C@H](NC(=O)[C@H]1C[C@@H]1c1ccc(F)c(F)c1)C(N)=O. The van der Waals surface area contributed by atoms with E-state index in [9.17, 15) is 18.4 Å². The fourth-order valence-electron chi connectivity index (χ4n) is 1.99. The molecule has 2 amide bonds. The Balaban J connectivity index is 1.98. The lowest BCUT2D eigenvalue weighted by Crippen LogP contribution is -2.43. The molecule has 1 aromatic rings. The van der Waals surface area contributed by atoms with Crippen LogP contribution in [-0.2, 0) is 9.59 Å². The van der Waals surface area contributed by atoms with Crippen molar-refractivity contribution >= 4 is 11.8 Å². The van der Waals surface area contributed by atoms with Crippen molar-refractivity contribution in [1.29, 1.82) is 0 Å². The van der Waals surface area contributed by atoms with Gasteiger partial charge in [-0.05, 0) is 37.0 Å². The second-order valence-corrected chi connectivity index (χ2v) is 4.75.